The van der Waals surface area contributed by atoms with Crippen molar-refractivity contribution in [1.29, 1.82) is 0 Å². The molecule has 0 aliphatic carbocycles. The summed E-state index contributed by atoms with van der Waals surface area (Å²) in [5.41, 5.74) is 4.75. The lowest BCUT2D eigenvalue weighted by atomic mass is 10.0. The highest BCUT2D eigenvalue weighted by Crippen LogP contribution is 2.21. The first-order valence-electron chi connectivity index (χ1n) is 8.70. The molecule has 3 aromatic rings. The van der Waals surface area contributed by atoms with Crippen molar-refractivity contribution in [2.45, 2.75) is 46.7 Å². The van der Waals surface area contributed by atoms with Crippen LogP contribution in [0.4, 0.5) is 0 Å². The van der Waals surface area contributed by atoms with Gasteiger partial charge in [-0.1, -0.05) is 26.0 Å². The van der Waals surface area contributed by atoms with Crippen LogP contribution in [0.25, 0.3) is 10.9 Å². The summed E-state index contributed by atoms with van der Waals surface area (Å²) in [5, 5.41) is 8.64. The van der Waals surface area contributed by atoms with E-state index >= 15 is 0 Å². The lowest BCUT2D eigenvalue weighted by Crippen LogP contribution is -2.26. The van der Waals surface area contributed by atoms with Crippen LogP contribution < -0.4 is 5.32 Å². The van der Waals surface area contributed by atoms with Crippen molar-refractivity contribution in [1.82, 2.24) is 20.1 Å². The molecule has 3 rings (SSSR count). The van der Waals surface area contributed by atoms with Crippen molar-refractivity contribution in [3.8, 4) is 0 Å². The molecule has 0 radical (unpaired) electrons. The van der Waals surface area contributed by atoms with Gasteiger partial charge in [-0.2, -0.15) is 5.10 Å². The molecule has 25 heavy (non-hydrogen) atoms. The summed E-state index contributed by atoms with van der Waals surface area (Å²) in [4.78, 5) is 17.1. The molecule has 2 heterocycles. The number of carbonyl (C=O) groups is 1. The largest absolute Gasteiger partial charge is 0.347 e. The minimum atomic E-state index is -0.0958. The smallest absolute Gasteiger partial charge is 0.269 e. The number of benzene rings is 1. The Bertz CT molecular complexity index is 911. The van der Waals surface area contributed by atoms with Gasteiger partial charge in [-0.15, -0.1) is 0 Å². The second kappa shape index (κ2) is 7.05. The number of hydrogen-bond donors (Lipinski definition) is 1. The van der Waals surface area contributed by atoms with Crippen LogP contribution in [-0.2, 0) is 13.1 Å². The Morgan fingerprint density at radius 1 is 1.28 bits per heavy atom. The zero-order valence-electron chi connectivity index (χ0n) is 15.2. The van der Waals surface area contributed by atoms with Gasteiger partial charge >= 0.3 is 0 Å². The third-order valence-electron chi connectivity index (χ3n) is 4.48. The van der Waals surface area contributed by atoms with Crippen molar-refractivity contribution in [3.05, 3.63) is 59.0 Å². The number of nitrogens with one attached hydrogen (secondary N) is 1. The normalized spacial score (nSPS) is 11.2. The second-order valence-corrected chi connectivity index (χ2v) is 6.54. The van der Waals surface area contributed by atoms with Crippen molar-refractivity contribution in [3.63, 3.8) is 0 Å². The summed E-state index contributed by atoms with van der Waals surface area (Å²) >= 11 is 0. The maximum Gasteiger partial charge on any atom is 0.269 e. The van der Waals surface area contributed by atoms with Gasteiger partial charge in [0.05, 0.1) is 11.2 Å². The molecule has 0 fully saturated rings. The molecule has 0 bridgehead atoms. The van der Waals surface area contributed by atoms with E-state index in [0.717, 1.165) is 27.7 Å². The first-order chi connectivity index (χ1) is 12.0. The number of fused-ring (bicyclic) bond motifs is 1. The first-order valence-corrected chi connectivity index (χ1v) is 8.70. The fourth-order valence-electron chi connectivity index (χ4n) is 2.96. The lowest BCUT2D eigenvalue weighted by Gasteiger charge is -2.11. The van der Waals surface area contributed by atoms with Gasteiger partial charge in [-0.25, -0.2) is 0 Å². The second-order valence-electron chi connectivity index (χ2n) is 6.54. The van der Waals surface area contributed by atoms with Crippen LogP contribution >= 0.6 is 0 Å². The van der Waals surface area contributed by atoms with Crippen LogP contribution in [0.2, 0.25) is 0 Å². The number of aryl methyl sites for hydroxylation is 2. The van der Waals surface area contributed by atoms with Gasteiger partial charge in [0.2, 0.25) is 0 Å². The van der Waals surface area contributed by atoms with E-state index in [1.165, 1.54) is 0 Å². The van der Waals surface area contributed by atoms with E-state index in [1.54, 1.807) is 10.9 Å². The van der Waals surface area contributed by atoms with E-state index < -0.39 is 0 Å². The molecule has 0 saturated carbocycles. The molecular weight excluding hydrogens is 312 g/mol. The van der Waals surface area contributed by atoms with E-state index in [-0.39, 0.29) is 5.91 Å². The van der Waals surface area contributed by atoms with Gasteiger partial charge in [-0.3, -0.25) is 14.5 Å². The molecule has 0 atom stereocenters. The van der Waals surface area contributed by atoms with Crippen LogP contribution in [0, 0.1) is 6.92 Å². The summed E-state index contributed by atoms with van der Waals surface area (Å²) in [7, 11) is 0. The van der Waals surface area contributed by atoms with Gasteiger partial charge in [0.1, 0.15) is 5.69 Å². The predicted molar refractivity (Wildman–Crippen MR) is 99.6 cm³/mol. The number of hydrogen-bond acceptors (Lipinski definition) is 3. The number of aromatic nitrogens is 3. The van der Waals surface area contributed by atoms with Crippen molar-refractivity contribution >= 4 is 16.8 Å². The topological polar surface area (TPSA) is 59.8 Å². The van der Waals surface area contributed by atoms with E-state index in [0.29, 0.717) is 24.7 Å². The summed E-state index contributed by atoms with van der Waals surface area (Å²) in [6.07, 6.45) is 1.78. The molecule has 5 nitrogen and oxygen atoms in total. The molecule has 1 aromatic carbocycles. The molecule has 0 unspecified atom stereocenters. The standard InChI is InChI=1S/C20H24N4O/c1-5-24-19(11-18(23-24)13(2)3)20(25)22-12-16-14(4)8-9-17-15(16)7-6-10-21-17/h6-11,13H,5,12H2,1-4H3,(H,22,25). The van der Waals surface area contributed by atoms with E-state index in [1.807, 2.05) is 37.3 Å². The highest BCUT2D eigenvalue weighted by molar-refractivity contribution is 5.93. The monoisotopic (exact) mass is 336 g/mol. The highest BCUT2D eigenvalue weighted by Gasteiger charge is 2.16. The average Bonchev–Trinajstić information content (AvgIpc) is 3.05. The van der Waals surface area contributed by atoms with Crippen molar-refractivity contribution < 1.29 is 4.79 Å². The quantitative estimate of drug-likeness (QED) is 0.770. The molecular formula is C20H24N4O. The third kappa shape index (κ3) is 3.40. The van der Waals surface area contributed by atoms with Gasteiger partial charge in [0.15, 0.2) is 0 Å². The van der Waals surface area contributed by atoms with Gasteiger partial charge in [0.25, 0.3) is 5.91 Å². The maximum atomic E-state index is 12.7. The van der Waals surface area contributed by atoms with Crippen LogP contribution in [0.5, 0.6) is 0 Å². The molecule has 1 amide bonds. The number of carbonyl (C=O) groups excluding carboxylic acids is 1. The number of amides is 1. The van der Waals surface area contributed by atoms with Crippen LogP contribution in [0.3, 0.4) is 0 Å². The number of nitrogens with zero attached hydrogens (tertiary/aromatic N) is 3. The fourth-order valence-corrected chi connectivity index (χ4v) is 2.96. The van der Waals surface area contributed by atoms with E-state index in [4.69, 9.17) is 0 Å². The average molecular weight is 336 g/mol. The number of rotatable bonds is 5. The molecule has 130 valence electrons. The Kier molecular flexibility index (Phi) is 4.83. The predicted octanol–water partition coefficient (Wildman–Crippen LogP) is 3.81. The van der Waals surface area contributed by atoms with Crippen LogP contribution in [-0.4, -0.2) is 20.7 Å². The third-order valence-corrected chi connectivity index (χ3v) is 4.48. The molecule has 2 aromatic heterocycles. The van der Waals surface area contributed by atoms with Crippen molar-refractivity contribution in [2.75, 3.05) is 0 Å². The van der Waals surface area contributed by atoms with Gasteiger partial charge in [-0.05, 0) is 49.1 Å². The van der Waals surface area contributed by atoms with E-state index in [2.05, 4.69) is 36.2 Å². The Labute approximate surface area is 148 Å². The molecule has 0 spiro atoms. The number of pyridine rings is 1. The highest BCUT2D eigenvalue weighted by atomic mass is 16.2. The fraction of sp³-hybridized carbons (Fsp3) is 0.350. The first kappa shape index (κ1) is 17.1. The Morgan fingerprint density at radius 3 is 2.80 bits per heavy atom. The Hall–Kier alpha value is -2.69. The van der Waals surface area contributed by atoms with Gasteiger partial charge < -0.3 is 5.32 Å². The maximum absolute atomic E-state index is 12.7. The zero-order chi connectivity index (χ0) is 18.0. The molecule has 0 saturated heterocycles. The lowest BCUT2D eigenvalue weighted by molar-refractivity contribution is 0.0940. The minimum Gasteiger partial charge on any atom is -0.347 e. The molecule has 0 aliphatic rings. The molecule has 1 N–H and O–H groups in total. The zero-order valence-corrected chi connectivity index (χ0v) is 15.2. The summed E-state index contributed by atoms with van der Waals surface area (Å²) in [6, 6.07) is 9.92. The molecule has 5 heteroatoms. The SMILES string of the molecule is CCn1nc(C(C)C)cc1C(=O)NCc1c(C)ccc2ncccc12. The summed E-state index contributed by atoms with van der Waals surface area (Å²) < 4.78 is 1.77. The van der Waals surface area contributed by atoms with Gasteiger partial charge in [0, 0.05) is 24.7 Å². The minimum absolute atomic E-state index is 0.0958. The molecule has 0 aliphatic heterocycles. The Balaban J connectivity index is 1.85. The Morgan fingerprint density at radius 2 is 2.08 bits per heavy atom. The summed E-state index contributed by atoms with van der Waals surface area (Å²) in [5.74, 6) is 0.201. The summed E-state index contributed by atoms with van der Waals surface area (Å²) in [6.45, 7) is 9.36. The van der Waals surface area contributed by atoms with Crippen molar-refractivity contribution in [2.24, 2.45) is 0 Å². The van der Waals surface area contributed by atoms with Crippen LogP contribution in [0.15, 0.2) is 36.5 Å². The van der Waals surface area contributed by atoms with Crippen LogP contribution in [0.1, 0.15) is 54.0 Å². The van der Waals surface area contributed by atoms with E-state index in [9.17, 15) is 4.79 Å².